The van der Waals surface area contributed by atoms with Crippen molar-refractivity contribution in [3.63, 3.8) is 0 Å². The average molecular weight is 295 g/mol. The Balaban J connectivity index is 2.05. The van der Waals surface area contributed by atoms with E-state index in [9.17, 15) is 4.39 Å². The molecule has 4 heteroatoms. The quantitative estimate of drug-likeness (QED) is 0.928. The number of benzene rings is 1. The maximum absolute atomic E-state index is 13.0. The van der Waals surface area contributed by atoms with Gasteiger partial charge in [0.15, 0.2) is 0 Å². The Morgan fingerprint density at radius 1 is 1.29 bits per heavy atom. The first-order valence-corrected chi connectivity index (χ1v) is 6.06. The number of anilines is 1. The minimum atomic E-state index is -0.218. The third-order valence-electron chi connectivity index (χ3n) is 2.38. The standard InChI is InChI=1S/C13H12BrFN2/c1-9-12(14)5-6-13(17-9)16-8-10-3-2-4-11(15)7-10/h2-7H,8H2,1H3,(H,16,17). The zero-order chi connectivity index (χ0) is 12.3. The van der Waals surface area contributed by atoms with Gasteiger partial charge in [-0.1, -0.05) is 12.1 Å². The van der Waals surface area contributed by atoms with Gasteiger partial charge in [-0.15, -0.1) is 0 Å². The van der Waals surface area contributed by atoms with Crippen molar-refractivity contribution >= 4 is 21.7 Å². The maximum atomic E-state index is 13.0. The van der Waals surface area contributed by atoms with Crippen molar-refractivity contribution in [2.45, 2.75) is 13.5 Å². The van der Waals surface area contributed by atoms with Crippen LogP contribution in [0.5, 0.6) is 0 Å². The molecule has 0 fully saturated rings. The van der Waals surface area contributed by atoms with Crippen molar-refractivity contribution in [1.29, 1.82) is 0 Å². The number of rotatable bonds is 3. The van der Waals surface area contributed by atoms with Crippen LogP contribution in [0, 0.1) is 12.7 Å². The largest absolute Gasteiger partial charge is 0.366 e. The number of pyridine rings is 1. The molecule has 0 unspecified atom stereocenters. The number of nitrogens with one attached hydrogen (secondary N) is 1. The van der Waals surface area contributed by atoms with E-state index in [2.05, 4.69) is 26.2 Å². The van der Waals surface area contributed by atoms with Gasteiger partial charge >= 0.3 is 0 Å². The lowest BCUT2D eigenvalue weighted by molar-refractivity contribution is 0.626. The lowest BCUT2D eigenvalue weighted by atomic mass is 10.2. The van der Waals surface area contributed by atoms with Gasteiger partial charge in [0.1, 0.15) is 11.6 Å². The van der Waals surface area contributed by atoms with Gasteiger partial charge in [0.2, 0.25) is 0 Å². The first-order chi connectivity index (χ1) is 8.15. The first-order valence-electron chi connectivity index (χ1n) is 5.26. The molecule has 1 aromatic heterocycles. The summed E-state index contributed by atoms with van der Waals surface area (Å²) in [5.41, 5.74) is 1.82. The van der Waals surface area contributed by atoms with E-state index in [1.54, 1.807) is 6.07 Å². The smallest absolute Gasteiger partial charge is 0.126 e. The van der Waals surface area contributed by atoms with Gasteiger partial charge < -0.3 is 5.32 Å². The SMILES string of the molecule is Cc1nc(NCc2cccc(F)c2)ccc1Br. The number of aromatic nitrogens is 1. The van der Waals surface area contributed by atoms with Gasteiger partial charge in [-0.3, -0.25) is 0 Å². The zero-order valence-electron chi connectivity index (χ0n) is 9.37. The molecule has 1 aromatic carbocycles. The van der Waals surface area contributed by atoms with Crippen LogP contribution in [-0.4, -0.2) is 4.98 Å². The Bertz CT molecular complexity index is 529. The lowest BCUT2D eigenvalue weighted by Crippen LogP contribution is -2.02. The summed E-state index contributed by atoms with van der Waals surface area (Å²) in [4.78, 5) is 4.36. The molecule has 0 saturated heterocycles. The normalized spacial score (nSPS) is 10.3. The minimum Gasteiger partial charge on any atom is -0.366 e. The molecule has 0 radical (unpaired) electrons. The van der Waals surface area contributed by atoms with Crippen molar-refractivity contribution < 1.29 is 4.39 Å². The van der Waals surface area contributed by atoms with Gasteiger partial charge in [-0.25, -0.2) is 9.37 Å². The highest BCUT2D eigenvalue weighted by molar-refractivity contribution is 9.10. The van der Waals surface area contributed by atoms with Gasteiger partial charge in [0, 0.05) is 11.0 Å². The molecule has 88 valence electrons. The van der Waals surface area contributed by atoms with Crippen LogP contribution in [-0.2, 0) is 6.54 Å². The summed E-state index contributed by atoms with van der Waals surface area (Å²) in [5.74, 6) is 0.569. The van der Waals surface area contributed by atoms with Crippen LogP contribution >= 0.6 is 15.9 Å². The molecule has 1 N–H and O–H groups in total. The molecule has 0 aliphatic carbocycles. The zero-order valence-corrected chi connectivity index (χ0v) is 11.0. The molecule has 2 nitrogen and oxygen atoms in total. The molecule has 0 spiro atoms. The molecule has 17 heavy (non-hydrogen) atoms. The van der Waals surface area contributed by atoms with Crippen molar-refractivity contribution in [2.75, 3.05) is 5.32 Å². The van der Waals surface area contributed by atoms with Crippen molar-refractivity contribution in [1.82, 2.24) is 4.98 Å². The summed E-state index contributed by atoms with van der Waals surface area (Å²) < 4.78 is 13.9. The summed E-state index contributed by atoms with van der Waals surface area (Å²) in [6.07, 6.45) is 0. The van der Waals surface area contributed by atoms with Crippen LogP contribution in [0.4, 0.5) is 10.2 Å². The summed E-state index contributed by atoms with van der Waals surface area (Å²) in [7, 11) is 0. The van der Waals surface area contributed by atoms with Crippen LogP contribution < -0.4 is 5.32 Å². The van der Waals surface area contributed by atoms with Crippen molar-refractivity contribution in [2.24, 2.45) is 0 Å². The third-order valence-corrected chi connectivity index (χ3v) is 3.22. The number of hydrogen-bond donors (Lipinski definition) is 1. The van der Waals surface area contributed by atoms with Crippen molar-refractivity contribution in [3.8, 4) is 0 Å². The molecule has 2 rings (SSSR count). The highest BCUT2D eigenvalue weighted by atomic mass is 79.9. The van der Waals surface area contributed by atoms with Gasteiger partial charge in [0.25, 0.3) is 0 Å². The molecule has 2 aromatic rings. The molecule has 0 aliphatic rings. The summed E-state index contributed by atoms with van der Waals surface area (Å²) >= 11 is 3.40. The van der Waals surface area contributed by atoms with Gasteiger partial charge in [-0.05, 0) is 52.7 Å². The van der Waals surface area contributed by atoms with Gasteiger partial charge in [0.05, 0.1) is 5.69 Å². The number of halogens is 2. The van der Waals surface area contributed by atoms with Crippen LogP contribution in [0.15, 0.2) is 40.9 Å². The van der Waals surface area contributed by atoms with E-state index < -0.39 is 0 Å². The predicted octanol–water partition coefficient (Wildman–Crippen LogP) is 3.90. The average Bonchev–Trinajstić information content (AvgIpc) is 2.31. The second kappa shape index (κ2) is 5.27. The van der Waals surface area contributed by atoms with E-state index in [0.717, 1.165) is 21.5 Å². The molecule has 0 saturated carbocycles. The van der Waals surface area contributed by atoms with Crippen molar-refractivity contribution in [3.05, 3.63) is 57.9 Å². The Morgan fingerprint density at radius 2 is 2.12 bits per heavy atom. The summed E-state index contributed by atoms with van der Waals surface area (Å²) in [6, 6.07) is 10.4. The fourth-order valence-corrected chi connectivity index (χ4v) is 1.70. The number of nitrogens with zero attached hydrogens (tertiary/aromatic N) is 1. The molecule has 0 aliphatic heterocycles. The first kappa shape index (κ1) is 12.0. The van der Waals surface area contributed by atoms with E-state index in [1.807, 2.05) is 25.1 Å². The Labute approximate surface area is 108 Å². The topological polar surface area (TPSA) is 24.9 Å². The molecular formula is C13H12BrFN2. The van der Waals surface area contributed by atoms with E-state index in [1.165, 1.54) is 12.1 Å². The fourth-order valence-electron chi connectivity index (χ4n) is 1.48. The Hall–Kier alpha value is -1.42. The highest BCUT2D eigenvalue weighted by Gasteiger charge is 1.99. The van der Waals surface area contributed by atoms with Crippen LogP contribution in [0.1, 0.15) is 11.3 Å². The second-order valence-electron chi connectivity index (χ2n) is 3.75. The lowest BCUT2D eigenvalue weighted by Gasteiger charge is -2.07. The molecule has 0 amide bonds. The van der Waals surface area contributed by atoms with Gasteiger partial charge in [-0.2, -0.15) is 0 Å². The minimum absolute atomic E-state index is 0.218. The highest BCUT2D eigenvalue weighted by Crippen LogP contribution is 2.16. The van der Waals surface area contributed by atoms with E-state index in [4.69, 9.17) is 0 Å². The Kier molecular flexibility index (Phi) is 3.74. The second-order valence-corrected chi connectivity index (χ2v) is 4.60. The molecular weight excluding hydrogens is 283 g/mol. The molecule has 0 atom stereocenters. The van der Waals surface area contributed by atoms with Crippen LogP contribution in [0.25, 0.3) is 0 Å². The summed E-state index contributed by atoms with van der Waals surface area (Å²) in [5, 5.41) is 3.16. The van der Waals surface area contributed by atoms with E-state index >= 15 is 0 Å². The fraction of sp³-hybridized carbons (Fsp3) is 0.154. The monoisotopic (exact) mass is 294 g/mol. The molecule has 1 heterocycles. The number of aryl methyl sites for hydroxylation is 1. The Morgan fingerprint density at radius 3 is 2.82 bits per heavy atom. The molecule has 0 bridgehead atoms. The third kappa shape index (κ3) is 3.27. The predicted molar refractivity (Wildman–Crippen MR) is 70.4 cm³/mol. The van der Waals surface area contributed by atoms with Crippen LogP contribution in [0.3, 0.4) is 0 Å². The maximum Gasteiger partial charge on any atom is 0.126 e. The number of hydrogen-bond acceptors (Lipinski definition) is 2. The van der Waals surface area contributed by atoms with E-state index in [0.29, 0.717) is 6.54 Å². The summed E-state index contributed by atoms with van der Waals surface area (Å²) in [6.45, 7) is 2.49. The van der Waals surface area contributed by atoms with E-state index in [-0.39, 0.29) is 5.82 Å². The van der Waals surface area contributed by atoms with Crippen LogP contribution in [0.2, 0.25) is 0 Å².